The molecule has 28 heavy (non-hydrogen) atoms. The van der Waals surface area contributed by atoms with Gasteiger partial charge in [0.25, 0.3) is 0 Å². The average Bonchev–Trinajstić information content (AvgIpc) is 3.37. The minimum atomic E-state index is 0.142. The predicted octanol–water partition coefficient (Wildman–Crippen LogP) is 4.95. The van der Waals surface area contributed by atoms with Gasteiger partial charge in [-0.3, -0.25) is 4.79 Å². The Bertz CT molecular complexity index is 658. The normalized spacial score (nSPS) is 22.2. The molecule has 154 valence electrons. The van der Waals surface area contributed by atoms with E-state index in [0.717, 1.165) is 38.2 Å². The summed E-state index contributed by atoms with van der Waals surface area (Å²) in [6.07, 6.45) is 10.6. The first-order valence-electron chi connectivity index (χ1n) is 11.2. The molecule has 1 heterocycles. The van der Waals surface area contributed by atoms with Crippen LogP contribution in [-0.2, 0) is 16.1 Å². The van der Waals surface area contributed by atoms with Crippen molar-refractivity contribution < 1.29 is 14.3 Å². The number of carbonyl (C=O) groups is 1. The minimum Gasteiger partial charge on any atom is -0.493 e. The summed E-state index contributed by atoms with van der Waals surface area (Å²) in [4.78, 5) is 15.3. The summed E-state index contributed by atoms with van der Waals surface area (Å²) >= 11 is 0. The van der Waals surface area contributed by atoms with Gasteiger partial charge >= 0.3 is 0 Å². The Labute approximate surface area is 169 Å². The van der Waals surface area contributed by atoms with Gasteiger partial charge < -0.3 is 14.4 Å². The molecule has 0 atom stereocenters. The van der Waals surface area contributed by atoms with E-state index in [2.05, 4.69) is 30.0 Å². The first-order valence-corrected chi connectivity index (χ1v) is 11.2. The summed E-state index contributed by atoms with van der Waals surface area (Å²) in [5.41, 5.74) is 1.32. The topological polar surface area (TPSA) is 38.8 Å². The Balaban J connectivity index is 1.40. The van der Waals surface area contributed by atoms with Gasteiger partial charge in [0.1, 0.15) is 5.75 Å². The lowest BCUT2D eigenvalue weighted by Crippen LogP contribution is -2.44. The van der Waals surface area contributed by atoms with E-state index in [-0.39, 0.29) is 5.41 Å². The number of nitrogens with zero attached hydrogens (tertiary/aromatic N) is 1. The molecule has 3 aliphatic rings. The average molecular weight is 386 g/mol. The fraction of sp³-hybridized carbons (Fsp3) is 0.708. The van der Waals surface area contributed by atoms with Crippen LogP contribution in [0, 0.1) is 11.3 Å². The van der Waals surface area contributed by atoms with E-state index in [4.69, 9.17) is 9.47 Å². The lowest BCUT2D eigenvalue weighted by Gasteiger charge is -2.37. The van der Waals surface area contributed by atoms with Crippen molar-refractivity contribution >= 4 is 5.91 Å². The standard InChI is InChI=1S/C24H35NO3/c1-24(16-27-17-24)18-28-22-12-6-9-20(13-22)15-25(21-10-4-5-11-21)23(26)14-19-7-2-3-8-19/h6,9,12-13,19,21H,2-5,7-8,10-11,14-18H2,1H3. The molecule has 4 heteroatoms. The van der Waals surface area contributed by atoms with Gasteiger partial charge in [0.2, 0.25) is 5.91 Å². The molecule has 0 radical (unpaired) electrons. The van der Waals surface area contributed by atoms with Crippen LogP contribution in [0.5, 0.6) is 5.75 Å². The molecular weight excluding hydrogens is 350 g/mol. The molecule has 0 bridgehead atoms. The van der Waals surface area contributed by atoms with E-state index in [9.17, 15) is 4.79 Å². The van der Waals surface area contributed by atoms with Gasteiger partial charge in [-0.2, -0.15) is 0 Å². The van der Waals surface area contributed by atoms with Gasteiger partial charge in [-0.1, -0.05) is 44.7 Å². The highest BCUT2D eigenvalue weighted by Gasteiger charge is 2.34. The van der Waals surface area contributed by atoms with Crippen LogP contribution in [0.25, 0.3) is 0 Å². The van der Waals surface area contributed by atoms with Gasteiger partial charge in [0.05, 0.1) is 19.8 Å². The molecule has 0 unspecified atom stereocenters. The largest absolute Gasteiger partial charge is 0.493 e. The van der Waals surface area contributed by atoms with Gasteiger partial charge in [-0.25, -0.2) is 0 Å². The molecule has 3 fully saturated rings. The first-order chi connectivity index (χ1) is 13.6. The fourth-order valence-electron chi connectivity index (χ4n) is 4.94. The minimum absolute atomic E-state index is 0.142. The molecule has 1 aromatic rings. The van der Waals surface area contributed by atoms with Crippen molar-refractivity contribution in [3.63, 3.8) is 0 Å². The molecule has 4 nitrogen and oxygen atoms in total. The van der Waals surface area contributed by atoms with E-state index < -0.39 is 0 Å². The Morgan fingerprint density at radius 2 is 1.86 bits per heavy atom. The molecule has 1 amide bonds. The van der Waals surface area contributed by atoms with E-state index in [1.54, 1.807) is 0 Å². The third-order valence-electron chi connectivity index (χ3n) is 6.76. The van der Waals surface area contributed by atoms with Crippen molar-refractivity contribution in [1.29, 1.82) is 0 Å². The maximum atomic E-state index is 13.2. The van der Waals surface area contributed by atoms with E-state index in [0.29, 0.717) is 31.0 Å². The van der Waals surface area contributed by atoms with Crippen molar-refractivity contribution in [3.8, 4) is 5.75 Å². The van der Waals surface area contributed by atoms with Gasteiger partial charge in [0, 0.05) is 24.4 Å². The number of rotatable bonds is 8. The van der Waals surface area contributed by atoms with E-state index >= 15 is 0 Å². The van der Waals surface area contributed by atoms with Crippen LogP contribution in [-0.4, -0.2) is 36.7 Å². The molecule has 2 saturated carbocycles. The highest BCUT2D eigenvalue weighted by Crippen LogP contribution is 2.32. The Morgan fingerprint density at radius 1 is 1.14 bits per heavy atom. The Hall–Kier alpha value is -1.55. The lowest BCUT2D eigenvalue weighted by molar-refractivity contribution is -0.135. The number of hydrogen-bond donors (Lipinski definition) is 0. The highest BCUT2D eigenvalue weighted by molar-refractivity contribution is 5.77. The van der Waals surface area contributed by atoms with Crippen LogP contribution in [0.4, 0.5) is 0 Å². The second-order valence-corrected chi connectivity index (χ2v) is 9.55. The van der Waals surface area contributed by atoms with Gasteiger partial charge in [-0.05, 0) is 49.3 Å². The third-order valence-corrected chi connectivity index (χ3v) is 6.76. The summed E-state index contributed by atoms with van der Waals surface area (Å²) in [6, 6.07) is 8.74. The number of benzene rings is 1. The molecule has 0 N–H and O–H groups in total. The predicted molar refractivity (Wildman–Crippen MR) is 110 cm³/mol. The molecular formula is C24H35NO3. The van der Waals surface area contributed by atoms with Crippen molar-refractivity contribution in [2.24, 2.45) is 11.3 Å². The molecule has 1 aromatic carbocycles. The highest BCUT2D eigenvalue weighted by atomic mass is 16.5. The van der Waals surface area contributed by atoms with Crippen LogP contribution < -0.4 is 4.74 Å². The van der Waals surface area contributed by atoms with Crippen LogP contribution >= 0.6 is 0 Å². The monoisotopic (exact) mass is 385 g/mol. The molecule has 1 aliphatic heterocycles. The summed E-state index contributed by atoms with van der Waals surface area (Å²) in [5, 5.41) is 0. The van der Waals surface area contributed by atoms with Crippen molar-refractivity contribution in [2.75, 3.05) is 19.8 Å². The fourth-order valence-corrected chi connectivity index (χ4v) is 4.94. The summed E-state index contributed by atoms with van der Waals surface area (Å²) in [5.74, 6) is 1.88. The van der Waals surface area contributed by atoms with Crippen molar-refractivity contribution in [3.05, 3.63) is 29.8 Å². The summed E-state index contributed by atoms with van der Waals surface area (Å²) < 4.78 is 11.4. The lowest BCUT2D eigenvalue weighted by atomic mass is 9.90. The van der Waals surface area contributed by atoms with Crippen molar-refractivity contribution in [2.45, 2.75) is 77.3 Å². The third kappa shape index (κ3) is 4.89. The second kappa shape index (κ2) is 8.86. The molecule has 1 saturated heterocycles. The SMILES string of the molecule is CC1(COc2cccc(CN(C(=O)CC3CCCC3)C3CCCC3)c2)COC1. The number of hydrogen-bond acceptors (Lipinski definition) is 3. The molecule has 0 aromatic heterocycles. The zero-order chi connectivity index (χ0) is 19.4. The van der Waals surface area contributed by atoms with Crippen LogP contribution in [0.1, 0.15) is 70.3 Å². The Kier molecular flexibility index (Phi) is 6.25. The quantitative estimate of drug-likeness (QED) is 0.635. The van der Waals surface area contributed by atoms with Crippen molar-refractivity contribution in [1.82, 2.24) is 4.90 Å². The Morgan fingerprint density at radius 3 is 2.54 bits per heavy atom. The molecule has 0 spiro atoms. The van der Waals surface area contributed by atoms with Crippen LogP contribution in [0.3, 0.4) is 0 Å². The summed E-state index contributed by atoms with van der Waals surface area (Å²) in [7, 11) is 0. The number of carbonyl (C=O) groups excluding carboxylic acids is 1. The van der Waals surface area contributed by atoms with Crippen LogP contribution in [0.15, 0.2) is 24.3 Å². The molecule has 2 aliphatic carbocycles. The number of ether oxygens (including phenoxy) is 2. The van der Waals surface area contributed by atoms with Gasteiger partial charge in [0.15, 0.2) is 0 Å². The maximum absolute atomic E-state index is 13.2. The number of amides is 1. The van der Waals surface area contributed by atoms with E-state index in [1.807, 2.05) is 6.07 Å². The smallest absolute Gasteiger partial charge is 0.223 e. The summed E-state index contributed by atoms with van der Waals surface area (Å²) in [6.45, 7) is 5.15. The maximum Gasteiger partial charge on any atom is 0.223 e. The zero-order valence-electron chi connectivity index (χ0n) is 17.3. The first kappa shape index (κ1) is 19.8. The zero-order valence-corrected chi connectivity index (χ0v) is 17.3. The molecule has 4 rings (SSSR count). The van der Waals surface area contributed by atoms with Crippen LogP contribution in [0.2, 0.25) is 0 Å². The second-order valence-electron chi connectivity index (χ2n) is 9.55. The van der Waals surface area contributed by atoms with E-state index in [1.165, 1.54) is 44.1 Å². The van der Waals surface area contributed by atoms with Gasteiger partial charge in [-0.15, -0.1) is 0 Å².